The normalized spacial score (nSPS) is 28.0. The third-order valence-electron chi connectivity index (χ3n) is 9.51. The van der Waals surface area contributed by atoms with Gasteiger partial charge in [-0.15, -0.1) is 0 Å². The van der Waals surface area contributed by atoms with Crippen molar-refractivity contribution in [3.05, 3.63) is 10.1 Å². The zero-order valence-corrected chi connectivity index (χ0v) is 25.4. The second kappa shape index (κ2) is 14.3. The summed E-state index contributed by atoms with van der Waals surface area (Å²) < 4.78 is 13.2. The lowest BCUT2D eigenvalue weighted by Crippen LogP contribution is -2.65. The number of rotatable bonds is 17. The summed E-state index contributed by atoms with van der Waals surface area (Å²) in [6.45, 7) is 11.3. The Labute approximate surface area is 244 Å². The first kappa shape index (κ1) is 33.3. The van der Waals surface area contributed by atoms with Gasteiger partial charge in [0.1, 0.15) is 5.78 Å². The maximum absolute atomic E-state index is 13.7. The largest absolute Gasteiger partial charge is 0.481 e. The van der Waals surface area contributed by atoms with E-state index in [0.717, 1.165) is 19.3 Å². The van der Waals surface area contributed by atoms with Crippen LogP contribution in [0.4, 0.5) is 0 Å². The fraction of sp³-hybridized carbons (Fsp3) is 0.893. The smallest absolute Gasteiger partial charge is 0.404 e. The van der Waals surface area contributed by atoms with E-state index in [1.54, 1.807) is 5.43 Å². The van der Waals surface area contributed by atoms with Gasteiger partial charge in [0.15, 0.2) is 5.03 Å². The number of carbonyl (C=O) groups is 2. The fourth-order valence-electron chi connectivity index (χ4n) is 7.10. The molecule has 0 radical (unpaired) electrons. The summed E-state index contributed by atoms with van der Waals surface area (Å²) in [5.41, 5.74) is 7.13. The number of unbranched alkanes of at least 4 members (excludes halogenated alkanes) is 2. The molecular weight excluding hydrogens is 529 g/mol. The first-order chi connectivity index (χ1) is 19.3. The second-order valence-electron chi connectivity index (χ2n) is 13.3. The Morgan fingerprint density at radius 3 is 2.56 bits per heavy atom. The highest BCUT2D eigenvalue weighted by Gasteiger charge is 2.68. The van der Waals surface area contributed by atoms with Gasteiger partial charge < -0.3 is 25.5 Å². The number of aliphatic hydroxyl groups is 1. The van der Waals surface area contributed by atoms with E-state index in [-0.39, 0.29) is 66.2 Å². The van der Waals surface area contributed by atoms with Gasteiger partial charge in [-0.3, -0.25) is 9.59 Å². The Balaban J connectivity index is 1.67. The molecule has 1 aliphatic heterocycles. The van der Waals surface area contributed by atoms with Gasteiger partial charge in [-0.1, -0.05) is 39.5 Å². The minimum Gasteiger partial charge on any atom is -0.404 e. The maximum atomic E-state index is 13.7. The third kappa shape index (κ3) is 8.41. The molecule has 12 nitrogen and oxygen atoms in total. The first-order valence-corrected chi connectivity index (χ1v) is 15.2. The van der Waals surface area contributed by atoms with Gasteiger partial charge in [-0.2, -0.15) is 0 Å². The van der Waals surface area contributed by atoms with Gasteiger partial charge in [0.05, 0.1) is 17.6 Å². The van der Waals surface area contributed by atoms with Gasteiger partial charge in [0.25, 0.3) is 5.96 Å². The molecule has 0 aromatic heterocycles. The van der Waals surface area contributed by atoms with Crippen molar-refractivity contribution in [2.24, 2.45) is 39.8 Å². The summed E-state index contributed by atoms with van der Waals surface area (Å²) >= 11 is 0. The number of hydrogen-bond acceptors (Lipinski definition) is 8. The summed E-state index contributed by atoms with van der Waals surface area (Å²) in [6.07, 6.45) is 6.09. The molecular formula is C28H50BN5O7. The molecule has 0 aromatic rings. The van der Waals surface area contributed by atoms with Crippen LogP contribution in [0.5, 0.6) is 0 Å². The Bertz CT molecular complexity index is 964. The van der Waals surface area contributed by atoms with Crippen LogP contribution in [0.3, 0.4) is 0 Å². The molecule has 1 saturated heterocycles. The summed E-state index contributed by atoms with van der Waals surface area (Å²) in [5.74, 6) is -0.159. The van der Waals surface area contributed by atoms with Crippen molar-refractivity contribution in [3.8, 4) is 0 Å². The Morgan fingerprint density at radius 1 is 1.20 bits per heavy atom. The van der Waals surface area contributed by atoms with Crippen molar-refractivity contribution in [1.82, 2.24) is 10.7 Å². The van der Waals surface area contributed by atoms with E-state index in [1.807, 2.05) is 0 Å². The molecule has 0 aromatic carbocycles. The van der Waals surface area contributed by atoms with Gasteiger partial charge >= 0.3 is 7.12 Å². The van der Waals surface area contributed by atoms with Crippen molar-refractivity contribution in [1.29, 1.82) is 0 Å². The van der Waals surface area contributed by atoms with Crippen molar-refractivity contribution in [2.45, 2.75) is 116 Å². The van der Waals surface area contributed by atoms with E-state index < -0.39 is 18.1 Å². The van der Waals surface area contributed by atoms with Crippen LogP contribution < -0.4 is 16.5 Å². The first-order valence-electron chi connectivity index (χ1n) is 15.2. The average Bonchev–Trinajstić information content (AvgIpc) is 3.24. The van der Waals surface area contributed by atoms with Gasteiger partial charge in [0.2, 0.25) is 5.91 Å². The molecule has 3 aliphatic carbocycles. The van der Waals surface area contributed by atoms with Crippen molar-refractivity contribution in [3.63, 3.8) is 0 Å². The quantitative estimate of drug-likeness (QED) is 0.0504. The summed E-state index contributed by atoms with van der Waals surface area (Å²) in [6, 6.07) is 0. The molecule has 41 heavy (non-hydrogen) atoms. The molecule has 0 spiro atoms. The molecule has 1 amide bonds. The van der Waals surface area contributed by atoms with Gasteiger partial charge in [0, 0.05) is 31.9 Å². The van der Waals surface area contributed by atoms with Crippen LogP contribution in [-0.2, 0) is 18.9 Å². The molecule has 13 heteroatoms. The predicted octanol–water partition coefficient (Wildman–Crippen LogP) is 2.79. The van der Waals surface area contributed by atoms with Crippen LogP contribution in [0.15, 0.2) is 4.99 Å². The van der Waals surface area contributed by atoms with E-state index >= 15 is 0 Å². The van der Waals surface area contributed by atoms with Crippen LogP contribution in [-0.4, -0.2) is 65.7 Å². The lowest BCUT2D eigenvalue weighted by atomic mass is 9.43. The number of nitrogens with zero attached hydrogens (tertiary/aromatic N) is 2. The topological polar surface area (TPSA) is 178 Å². The SMILES string of the molecule is CC(C)C[C@H](NC(=O)[C@H](CCCN=C(N)N[N+](=O)[O-])CC(=O)CCCCCO)B1O[C@@H]2C[C@H]3C[C@H](C3(C)C)[C@]2(C)O1. The van der Waals surface area contributed by atoms with Crippen LogP contribution >= 0.6 is 0 Å². The number of Topliss-reactive ketones (excluding diaryl/α,β-unsaturated/α-hetero) is 1. The van der Waals surface area contributed by atoms with E-state index in [1.165, 1.54) is 0 Å². The Morgan fingerprint density at radius 2 is 1.93 bits per heavy atom. The number of hydrazine groups is 1. The van der Waals surface area contributed by atoms with Crippen LogP contribution in [0.25, 0.3) is 0 Å². The molecule has 4 rings (SSSR count). The molecule has 0 unspecified atom stereocenters. The Hall–Kier alpha value is -2.25. The number of aliphatic imine (C=N–C) groups is 1. The number of nitro groups is 1. The molecule has 1 heterocycles. The average molecular weight is 580 g/mol. The highest BCUT2D eigenvalue weighted by molar-refractivity contribution is 6.47. The summed E-state index contributed by atoms with van der Waals surface area (Å²) in [7, 11) is -0.557. The minimum atomic E-state index is -0.784. The Kier molecular flexibility index (Phi) is 11.6. The molecule has 232 valence electrons. The molecule has 3 saturated carbocycles. The summed E-state index contributed by atoms with van der Waals surface area (Å²) in [4.78, 5) is 41.0. The van der Waals surface area contributed by atoms with Crippen LogP contribution in [0.2, 0.25) is 0 Å². The third-order valence-corrected chi connectivity index (χ3v) is 9.51. The van der Waals surface area contributed by atoms with Crippen molar-refractivity contribution in [2.75, 3.05) is 13.2 Å². The van der Waals surface area contributed by atoms with Gasteiger partial charge in [-0.05, 0) is 75.0 Å². The van der Waals surface area contributed by atoms with E-state index in [2.05, 4.69) is 44.9 Å². The number of carbonyl (C=O) groups excluding carboxylic acids is 2. The zero-order chi connectivity index (χ0) is 30.4. The second-order valence-corrected chi connectivity index (χ2v) is 13.3. The zero-order valence-electron chi connectivity index (χ0n) is 25.4. The number of nitrogens with two attached hydrogens (primary N) is 1. The molecule has 4 aliphatic rings. The van der Waals surface area contributed by atoms with Crippen LogP contribution in [0, 0.1) is 39.2 Å². The highest BCUT2D eigenvalue weighted by Crippen LogP contribution is 2.65. The number of ketones is 1. The van der Waals surface area contributed by atoms with E-state index in [9.17, 15) is 19.7 Å². The molecule has 5 N–H and O–H groups in total. The molecule has 2 bridgehead atoms. The number of amides is 1. The number of aliphatic hydroxyl groups excluding tert-OH is 1. The number of hydrogen-bond donors (Lipinski definition) is 4. The van der Waals surface area contributed by atoms with E-state index in [4.69, 9.17) is 20.1 Å². The number of nitrogens with one attached hydrogen (secondary N) is 2. The highest BCUT2D eigenvalue weighted by atomic mass is 16.7. The molecule has 4 fully saturated rings. The predicted molar refractivity (Wildman–Crippen MR) is 156 cm³/mol. The lowest BCUT2D eigenvalue weighted by molar-refractivity contribution is -0.525. The minimum absolute atomic E-state index is 0.00299. The standard InChI is InChI=1S/C28H50BN5O7/c1-18(2)14-24(29-40-23-17-20-16-22(27(20,3)4)28(23,5)41-29)32-25(37)19(15-21(36)11-7-6-8-13-35)10-9-12-31-26(30)33-34(38)39/h18-20,22-24,35H,6-17H2,1-5H3,(H,32,37)(H3,30,31,33)/t19-,20-,22-,23-,24+,28+/m1/s1. The monoisotopic (exact) mass is 579 g/mol. The van der Waals surface area contributed by atoms with Crippen molar-refractivity contribution >= 4 is 24.8 Å². The number of guanidine groups is 1. The fourth-order valence-corrected chi connectivity index (χ4v) is 7.10. The van der Waals surface area contributed by atoms with Crippen LogP contribution in [0.1, 0.15) is 98.8 Å². The van der Waals surface area contributed by atoms with Crippen molar-refractivity contribution < 1.29 is 29.0 Å². The maximum Gasteiger partial charge on any atom is 0.481 e. The molecule has 6 atom stereocenters. The lowest BCUT2D eigenvalue weighted by Gasteiger charge is -2.64. The van der Waals surface area contributed by atoms with E-state index in [0.29, 0.717) is 50.4 Å². The summed E-state index contributed by atoms with van der Waals surface area (Å²) in [5, 5.41) is 21.9. The van der Waals surface area contributed by atoms with Gasteiger partial charge in [-0.25, -0.2) is 15.1 Å².